The summed E-state index contributed by atoms with van der Waals surface area (Å²) in [7, 11) is 0. The molecule has 7 heteroatoms. The standard InChI is InChI=1S/C13H14N2O4S/c1-4-18-13(17)9-5-8(3)20-12(9)15-11(16)10-7(2)6-14-19-10/h5-6H,4H2,1-3H3,(H,15,16). The first-order valence-electron chi connectivity index (χ1n) is 6.03. The summed E-state index contributed by atoms with van der Waals surface area (Å²) in [5.41, 5.74) is 0.980. The Balaban J connectivity index is 2.23. The van der Waals surface area contributed by atoms with Crippen molar-refractivity contribution in [1.29, 1.82) is 0 Å². The highest BCUT2D eigenvalue weighted by Gasteiger charge is 2.21. The predicted octanol–water partition coefficient (Wildman–Crippen LogP) is 2.78. The number of hydrogen-bond acceptors (Lipinski definition) is 6. The van der Waals surface area contributed by atoms with Gasteiger partial charge in [-0.05, 0) is 26.8 Å². The Hall–Kier alpha value is -2.15. The molecule has 106 valence electrons. The Labute approximate surface area is 119 Å². The van der Waals surface area contributed by atoms with Crippen LogP contribution in [0.3, 0.4) is 0 Å². The summed E-state index contributed by atoms with van der Waals surface area (Å²) in [5, 5.41) is 6.66. The molecule has 0 spiro atoms. The van der Waals surface area contributed by atoms with Crippen LogP contribution in [0.4, 0.5) is 5.00 Å². The van der Waals surface area contributed by atoms with Gasteiger partial charge in [-0.25, -0.2) is 4.79 Å². The molecular formula is C13H14N2O4S. The lowest BCUT2D eigenvalue weighted by molar-refractivity contribution is 0.0528. The van der Waals surface area contributed by atoms with Gasteiger partial charge in [-0.2, -0.15) is 0 Å². The zero-order chi connectivity index (χ0) is 14.7. The Kier molecular flexibility index (Phi) is 4.19. The van der Waals surface area contributed by atoms with E-state index < -0.39 is 11.9 Å². The largest absolute Gasteiger partial charge is 0.462 e. The van der Waals surface area contributed by atoms with Crippen molar-refractivity contribution in [2.45, 2.75) is 20.8 Å². The van der Waals surface area contributed by atoms with Crippen LogP contribution in [0.5, 0.6) is 0 Å². The average molecular weight is 294 g/mol. The number of amides is 1. The molecule has 6 nitrogen and oxygen atoms in total. The molecule has 0 radical (unpaired) electrons. The lowest BCUT2D eigenvalue weighted by Gasteiger charge is -2.04. The van der Waals surface area contributed by atoms with Gasteiger partial charge in [0.25, 0.3) is 5.91 Å². The van der Waals surface area contributed by atoms with E-state index in [1.165, 1.54) is 17.5 Å². The highest BCUT2D eigenvalue weighted by molar-refractivity contribution is 7.16. The number of carbonyl (C=O) groups is 2. The van der Waals surface area contributed by atoms with E-state index in [1.807, 2.05) is 6.92 Å². The third-order valence-electron chi connectivity index (χ3n) is 2.53. The van der Waals surface area contributed by atoms with Crippen LogP contribution in [-0.4, -0.2) is 23.6 Å². The smallest absolute Gasteiger partial charge is 0.341 e. The van der Waals surface area contributed by atoms with E-state index in [1.54, 1.807) is 19.9 Å². The number of esters is 1. The Bertz CT molecular complexity index is 645. The first-order valence-corrected chi connectivity index (χ1v) is 6.84. The molecule has 0 saturated carbocycles. The first kappa shape index (κ1) is 14.3. The van der Waals surface area contributed by atoms with Crippen molar-refractivity contribution in [2.24, 2.45) is 0 Å². The van der Waals surface area contributed by atoms with Crippen LogP contribution in [0.15, 0.2) is 16.8 Å². The first-order chi connectivity index (χ1) is 9.52. The van der Waals surface area contributed by atoms with E-state index >= 15 is 0 Å². The van der Waals surface area contributed by atoms with Crippen LogP contribution in [-0.2, 0) is 4.74 Å². The van der Waals surface area contributed by atoms with Gasteiger partial charge in [-0.3, -0.25) is 4.79 Å². The Morgan fingerprint density at radius 1 is 1.45 bits per heavy atom. The molecule has 0 aliphatic carbocycles. The van der Waals surface area contributed by atoms with Gasteiger partial charge < -0.3 is 14.6 Å². The molecule has 2 rings (SSSR count). The number of anilines is 1. The Morgan fingerprint density at radius 2 is 2.20 bits per heavy atom. The molecule has 0 atom stereocenters. The molecule has 2 heterocycles. The zero-order valence-electron chi connectivity index (χ0n) is 11.4. The summed E-state index contributed by atoms with van der Waals surface area (Å²) in [5.74, 6) is -0.764. The van der Waals surface area contributed by atoms with E-state index in [4.69, 9.17) is 9.26 Å². The van der Waals surface area contributed by atoms with Gasteiger partial charge in [0.1, 0.15) is 5.00 Å². The van der Waals surface area contributed by atoms with Crippen LogP contribution in [0.1, 0.15) is 38.3 Å². The molecule has 0 bridgehead atoms. The second-order valence-electron chi connectivity index (χ2n) is 4.11. The fourth-order valence-corrected chi connectivity index (χ4v) is 2.53. The molecule has 0 aliphatic rings. The lowest BCUT2D eigenvalue weighted by Crippen LogP contribution is -2.14. The van der Waals surface area contributed by atoms with Crippen LogP contribution in [0.2, 0.25) is 0 Å². The van der Waals surface area contributed by atoms with E-state index in [9.17, 15) is 9.59 Å². The van der Waals surface area contributed by atoms with Crippen molar-refractivity contribution in [3.05, 3.63) is 34.0 Å². The van der Waals surface area contributed by atoms with E-state index in [0.29, 0.717) is 16.1 Å². The monoisotopic (exact) mass is 294 g/mol. The zero-order valence-corrected chi connectivity index (χ0v) is 12.2. The third-order valence-corrected chi connectivity index (χ3v) is 3.50. The molecule has 0 unspecified atom stereocenters. The molecule has 1 amide bonds. The van der Waals surface area contributed by atoms with Crippen molar-refractivity contribution >= 4 is 28.2 Å². The maximum Gasteiger partial charge on any atom is 0.341 e. The van der Waals surface area contributed by atoms with Crippen LogP contribution in [0, 0.1) is 13.8 Å². The molecular weight excluding hydrogens is 280 g/mol. The molecule has 0 aliphatic heterocycles. The number of hydrogen-bond donors (Lipinski definition) is 1. The fourth-order valence-electron chi connectivity index (χ4n) is 1.64. The maximum absolute atomic E-state index is 12.0. The normalized spacial score (nSPS) is 10.3. The van der Waals surface area contributed by atoms with Crippen LogP contribution in [0.25, 0.3) is 0 Å². The Morgan fingerprint density at radius 3 is 2.80 bits per heavy atom. The van der Waals surface area contributed by atoms with Gasteiger partial charge in [0.05, 0.1) is 18.4 Å². The highest BCUT2D eigenvalue weighted by Crippen LogP contribution is 2.29. The summed E-state index contributed by atoms with van der Waals surface area (Å²) >= 11 is 1.31. The van der Waals surface area contributed by atoms with Gasteiger partial charge in [0.2, 0.25) is 5.76 Å². The number of aromatic nitrogens is 1. The van der Waals surface area contributed by atoms with E-state index in [-0.39, 0.29) is 12.4 Å². The number of thiophene rings is 1. The predicted molar refractivity (Wildman–Crippen MR) is 74.2 cm³/mol. The van der Waals surface area contributed by atoms with Gasteiger partial charge in [0, 0.05) is 10.4 Å². The number of nitrogens with one attached hydrogen (secondary N) is 1. The molecule has 0 fully saturated rings. The van der Waals surface area contributed by atoms with Crippen molar-refractivity contribution in [2.75, 3.05) is 11.9 Å². The minimum Gasteiger partial charge on any atom is -0.462 e. The summed E-state index contributed by atoms with van der Waals surface area (Å²) < 4.78 is 9.84. The molecule has 1 N–H and O–H groups in total. The molecule has 0 aromatic carbocycles. The number of carbonyl (C=O) groups excluding carboxylic acids is 2. The SMILES string of the molecule is CCOC(=O)c1cc(C)sc1NC(=O)c1oncc1C. The molecule has 2 aromatic heterocycles. The molecule has 20 heavy (non-hydrogen) atoms. The number of nitrogens with zero attached hydrogens (tertiary/aromatic N) is 1. The maximum atomic E-state index is 12.0. The van der Waals surface area contributed by atoms with Crippen molar-refractivity contribution in [3.8, 4) is 0 Å². The summed E-state index contributed by atoms with van der Waals surface area (Å²) in [6.07, 6.45) is 1.46. The topological polar surface area (TPSA) is 81.4 Å². The van der Waals surface area contributed by atoms with Gasteiger partial charge in [-0.15, -0.1) is 11.3 Å². The minimum atomic E-state index is -0.457. The van der Waals surface area contributed by atoms with Gasteiger partial charge in [-0.1, -0.05) is 5.16 Å². The van der Waals surface area contributed by atoms with Crippen molar-refractivity contribution in [3.63, 3.8) is 0 Å². The number of rotatable bonds is 4. The highest BCUT2D eigenvalue weighted by atomic mass is 32.1. The van der Waals surface area contributed by atoms with Crippen molar-refractivity contribution < 1.29 is 18.8 Å². The fraction of sp³-hybridized carbons (Fsp3) is 0.308. The second kappa shape index (κ2) is 5.87. The summed E-state index contributed by atoms with van der Waals surface area (Å²) in [4.78, 5) is 24.8. The van der Waals surface area contributed by atoms with E-state index in [2.05, 4.69) is 10.5 Å². The second-order valence-corrected chi connectivity index (χ2v) is 5.37. The van der Waals surface area contributed by atoms with E-state index in [0.717, 1.165) is 4.88 Å². The lowest BCUT2D eigenvalue weighted by atomic mass is 10.2. The summed E-state index contributed by atoms with van der Waals surface area (Å²) in [6.45, 7) is 5.58. The van der Waals surface area contributed by atoms with Crippen molar-refractivity contribution in [1.82, 2.24) is 5.16 Å². The van der Waals surface area contributed by atoms with Crippen LogP contribution >= 0.6 is 11.3 Å². The number of ether oxygens (including phenoxy) is 1. The summed E-state index contributed by atoms with van der Waals surface area (Å²) in [6, 6.07) is 1.69. The quantitative estimate of drug-likeness (QED) is 0.877. The average Bonchev–Trinajstić information content (AvgIpc) is 2.96. The molecule has 0 saturated heterocycles. The number of aryl methyl sites for hydroxylation is 2. The molecule has 2 aromatic rings. The minimum absolute atomic E-state index is 0.130. The van der Waals surface area contributed by atoms with Crippen LogP contribution < -0.4 is 5.32 Å². The van der Waals surface area contributed by atoms with Gasteiger partial charge >= 0.3 is 5.97 Å². The van der Waals surface area contributed by atoms with Gasteiger partial charge in [0.15, 0.2) is 0 Å². The third kappa shape index (κ3) is 2.88.